The molecule has 0 bridgehead atoms. The summed E-state index contributed by atoms with van der Waals surface area (Å²) in [6.45, 7) is 1.97. The molecule has 0 radical (unpaired) electrons. The van der Waals surface area contributed by atoms with Gasteiger partial charge in [0, 0.05) is 12.5 Å². The van der Waals surface area contributed by atoms with Gasteiger partial charge in [-0.25, -0.2) is 0 Å². The molecule has 1 aromatic heterocycles. The third-order valence-corrected chi connectivity index (χ3v) is 4.86. The Balaban J connectivity index is 1.55. The zero-order valence-corrected chi connectivity index (χ0v) is 14.9. The molecule has 1 amide bonds. The molecule has 2 aromatic rings. The Morgan fingerprint density at radius 3 is 2.96 bits per heavy atom. The van der Waals surface area contributed by atoms with Crippen LogP contribution in [0.5, 0.6) is 5.75 Å². The number of benzene rings is 1. The van der Waals surface area contributed by atoms with E-state index in [1.54, 1.807) is 13.4 Å². The van der Waals surface area contributed by atoms with Crippen molar-refractivity contribution in [2.45, 2.75) is 57.5 Å². The van der Waals surface area contributed by atoms with Crippen LogP contribution < -0.4 is 10.1 Å². The van der Waals surface area contributed by atoms with E-state index in [4.69, 9.17) is 4.74 Å². The second kappa shape index (κ2) is 8.14. The number of hydrogen-bond acceptors (Lipinski definition) is 4. The molecule has 0 spiro atoms. The van der Waals surface area contributed by atoms with Crippen LogP contribution in [0.3, 0.4) is 0 Å². The first-order valence-corrected chi connectivity index (χ1v) is 8.99. The molecule has 1 aromatic carbocycles. The highest BCUT2D eigenvalue weighted by molar-refractivity contribution is 5.76. The molecule has 1 unspecified atom stereocenters. The van der Waals surface area contributed by atoms with Crippen LogP contribution >= 0.6 is 0 Å². The fraction of sp³-hybridized carbons (Fsp3) is 0.526. The first kappa shape index (κ1) is 17.5. The maximum absolute atomic E-state index is 12.3. The summed E-state index contributed by atoms with van der Waals surface area (Å²) in [6.07, 6.45) is 7.76. The van der Waals surface area contributed by atoms with Crippen LogP contribution in [0.25, 0.3) is 0 Å². The first-order chi connectivity index (χ1) is 12.2. The number of rotatable bonds is 7. The van der Waals surface area contributed by atoms with Gasteiger partial charge < -0.3 is 14.6 Å². The van der Waals surface area contributed by atoms with Gasteiger partial charge in [0.15, 0.2) is 5.82 Å². The van der Waals surface area contributed by atoms with E-state index < -0.39 is 0 Å². The van der Waals surface area contributed by atoms with Gasteiger partial charge >= 0.3 is 0 Å². The number of carbonyl (C=O) groups is 1. The molecule has 1 heterocycles. The van der Waals surface area contributed by atoms with E-state index in [1.807, 2.05) is 31.2 Å². The van der Waals surface area contributed by atoms with E-state index in [1.165, 1.54) is 25.7 Å². The van der Waals surface area contributed by atoms with Gasteiger partial charge in [0.25, 0.3) is 0 Å². The topological polar surface area (TPSA) is 69.0 Å². The summed E-state index contributed by atoms with van der Waals surface area (Å²) in [5.41, 5.74) is 1.09. The Labute approximate surface area is 148 Å². The number of aromatic nitrogens is 3. The van der Waals surface area contributed by atoms with E-state index in [2.05, 4.69) is 20.1 Å². The van der Waals surface area contributed by atoms with Crippen LogP contribution in [0, 0.1) is 0 Å². The highest BCUT2D eigenvalue weighted by Crippen LogP contribution is 2.31. The molecule has 3 rings (SSSR count). The second-order valence-corrected chi connectivity index (χ2v) is 6.68. The Bertz CT molecular complexity index is 707. The maximum Gasteiger partial charge on any atom is 0.220 e. The minimum atomic E-state index is -0.138. The average Bonchev–Trinajstić information content (AvgIpc) is 3.30. The Morgan fingerprint density at radius 1 is 1.40 bits per heavy atom. The van der Waals surface area contributed by atoms with Crippen LogP contribution in [-0.2, 0) is 11.2 Å². The van der Waals surface area contributed by atoms with Crippen molar-refractivity contribution in [3.63, 3.8) is 0 Å². The van der Waals surface area contributed by atoms with Gasteiger partial charge in [0.1, 0.15) is 12.1 Å². The highest BCUT2D eigenvalue weighted by atomic mass is 16.5. The summed E-state index contributed by atoms with van der Waals surface area (Å²) < 4.78 is 7.36. The standard InChI is InChI=1S/C19H26N4O2/c1-14(19-22-20-13-23(19)16-7-3-4-8-16)21-18(24)11-10-15-6-5-9-17(12-15)25-2/h5-6,9,12-14,16H,3-4,7-8,10-11H2,1-2H3,(H,21,24). The van der Waals surface area contributed by atoms with Gasteiger partial charge in [-0.05, 0) is 43.9 Å². The van der Waals surface area contributed by atoms with E-state index in [0.717, 1.165) is 17.1 Å². The first-order valence-electron chi connectivity index (χ1n) is 8.99. The number of nitrogens with one attached hydrogen (secondary N) is 1. The average molecular weight is 342 g/mol. The highest BCUT2D eigenvalue weighted by Gasteiger charge is 2.23. The van der Waals surface area contributed by atoms with E-state index in [-0.39, 0.29) is 11.9 Å². The largest absolute Gasteiger partial charge is 0.497 e. The molecule has 6 nitrogen and oxygen atoms in total. The summed E-state index contributed by atoms with van der Waals surface area (Å²) in [7, 11) is 1.65. The number of amides is 1. The second-order valence-electron chi connectivity index (χ2n) is 6.68. The van der Waals surface area contributed by atoms with Crippen LogP contribution in [0.2, 0.25) is 0 Å². The number of nitrogens with zero attached hydrogens (tertiary/aromatic N) is 3. The monoisotopic (exact) mass is 342 g/mol. The van der Waals surface area contributed by atoms with Crippen LogP contribution in [-0.4, -0.2) is 27.8 Å². The minimum absolute atomic E-state index is 0.0243. The zero-order chi connectivity index (χ0) is 17.6. The molecule has 1 atom stereocenters. The molecule has 0 saturated heterocycles. The van der Waals surface area contributed by atoms with Gasteiger partial charge in [-0.15, -0.1) is 10.2 Å². The molecule has 6 heteroatoms. The zero-order valence-electron chi connectivity index (χ0n) is 14.9. The predicted molar refractivity (Wildman–Crippen MR) is 95.4 cm³/mol. The number of methoxy groups -OCH3 is 1. The van der Waals surface area contributed by atoms with Crippen LogP contribution in [0.4, 0.5) is 0 Å². The number of ether oxygens (including phenoxy) is 1. The van der Waals surface area contributed by atoms with Crippen molar-refractivity contribution < 1.29 is 9.53 Å². The molecule has 1 saturated carbocycles. The fourth-order valence-electron chi connectivity index (χ4n) is 3.49. The number of carbonyl (C=O) groups excluding carboxylic acids is 1. The van der Waals surface area contributed by atoms with Gasteiger partial charge in [-0.3, -0.25) is 4.79 Å². The summed E-state index contributed by atoms with van der Waals surface area (Å²) in [6, 6.07) is 8.16. The molecule has 1 aliphatic rings. The van der Waals surface area contributed by atoms with Crippen LogP contribution in [0.1, 0.15) is 62.5 Å². The normalized spacial score (nSPS) is 15.9. The van der Waals surface area contributed by atoms with E-state index >= 15 is 0 Å². The fourth-order valence-corrected chi connectivity index (χ4v) is 3.49. The van der Waals surface area contributed by atoms with Crippen molar-refractivity contribution in [1.82, 2.24) is 20.1 Å². The van der Waals surface area contributed by atoms with Crippen molar-refractivity contribution in [3.05, 3.63) is 42.0 Å². The molecule has 25 heavy (non-hydrogen) atoms. The Morgan fingerprint density at radius 2 is 2.20 bits per heavy atom. The summed E-state index contributed by atoms with van der Waals surface area (Å²) in [5, 5.41) is 11.3. The maximum atomic E-state index is 12.3. The Kier molecular flexibility index (Phi) is 5.68. The van der Waals surface area contributed by atoms with Crippen molar-refractivity contribution in [3.8, 4) is 5.75 Å². The van der Waals surface area contributed by atoms with Gasteiger partial charge in [-0.1, -0.05) is 25.0 Å². The molecular formula is C19H26N4O2. The molecule has 1 N–H and O–H groups in total. The lowest BCUT2D eigenvalue weighted by molar-refractivity contribution is -0.121. The molecular weight excluding hydrogens is 316 g/mol. The van der Waals surface area contributed by atoms with Crippen molar-refractivity contribution >= 4 is 5.91 Å². The van der Waals surface area contributed by atoms with Crippen molar-refractivity contribution in [2.24, 2.45) is 0 Å². The third kappa shape index (κ3) is 4.38. The van der Waals surface area contributed by atoms with Crippen LogP contribution in [0.15, 0.2) is 30.6 Å². The summed E-state index contributed by atoms with van der Waals surface area (Å²) >= 11 is 0. The Hall–Kier alpha value is -2.37. The van der Waals surface area contributed by atoms with E-state index in [0.29, 0.717) is 18.9 Å². The quantitative estimate of drug-likeness (QED) is 0.839. The summed E-state index contributed by atoms with van der Waals surface area (Å²) in [5.74, 6) is 1.69. The number of hydrogen-bond donors (Lipinski definition) is 1. The predicted octanol–water partition coefficient (Wildman–Crippen LogP) is 3.21. The number of aryl methyl sites for hydroxylation is 1. The lowest BCUT2D eigenvalue weighted by Crippen LogP contribution is -2.29. The smallest absolute Gasteiger partial charge is 0.220 e. The van der Waals surface area contributed by atoms with Crippen molar-refractivity contribution in [1.29, 1.82) is 0 Å². The lowest BCUT2D eigenvalue weighted by Gasteiger charge is -2.18. The minimum Gasteiger partial charge on any atom is -0.497 e. The molecule has 1 aliphatic carbocycles. The van der Waals surface area contributed by atoms with Gasteiger partial charge in [-0.2, -0.15) is 0 Å². The molecule has 134 valence electrons. The van der Waals surface area contributed by atoms with Crippen molar-refractivity contribution in [2.75, 3.05) is 7.11 Å². The van der Waals surface area contributed by atoms with Gasteiger partial charge in [0.2, 0.25) is 5.91 Å². The third-order valence-electron chi connectivity index (χ3n) is 4.86. The summed E-state index contributed by atoms with van der Waals surface area (Å²) in [4.78, 5) is 12.3. The SMILES string of the molecule is COc1cccc(CCC(=O)NC(C)c2nncn2C2CCCC2)c1. The van der Waals surface area contributed by atoms with E-state index in [9.17, 15) is 4.79 Å². The molecule has 0 aliphatic heterocycles. The molecule has 1 fully saturated rings. The van der Waals surface area contributed by atoms with Gasteiger partial charge in [0.05, 0.1) is 13.2 Å². The lowest BCUT2D eigenvalue weighted by atomic mass is 10.1.